The van der Waals surface area contributed by atoms with Gasteiger partial charge in [0.2, 0.25) is 5.91 Å². The Morgan fingerprint density at radius 1 is 1.32 bits per heavy atom. The third-order valence-corrected chi connectivity index (χ3v) is 5.17. The van der Waals surface area contributed by atoms with E-state index in [9.17, 15) is 9.18 Å². The third-order valence-electron chi connectivity index (χ3n) is 4.23. The predicted octanol–water partition coefficient (Wildman–Crippen LogP) is 3.29. The first-order valence-electron chi connectivity index (χ1n) is 9.05. The van der Waals surface area contributed by atoms with Crippen molar-refractivity contribution in [2.24, 2.45) is 16.6 Å². The van der Waals surface area contributed by atoms with Crippen molar-refractivity contribution in [2.75, 3.05) is 26.7 Å². The first kappa shape index (κ1) is 24.4. The van der Waals surface area contributed by atoms with Gasteiger partial charge in [-0.25, -0.2) is 4.39 Å². The molecule has 1 aromatic heterocycles. The minimum Gasteiger partial charge on any atom is -0.369 e. The fourth-order valence-corrected chi connectivity index (χ4v) is 3.36. The molecule has 1 aromatic carbocycles. The van der Waals surface area contributed by atoms with Crippen molar-refractivity contribution in [1.82, 2.24) is 10.2 Å². The van der Waals surface area contributed by atoms with Crippen LogP contribution in [0.2, 0.25) is 0 Å². The van der Waals surface area contributed by atoms with Gasteiger partial charge in [-0.3, -0.25) is 9.79 Å². The van der Waals surface area contributed by atoms with Gasteiger partial charge in [-0.15, -0.1) is 35.3 Å². The van der Waals surface area contributed by atoms with E-state index in [1.54, 1.807) is 23.5 Å². The van der Waals surface area contributed by atoms with Crippen LogP contribution in [0.15, 0.2) is 46.8 Å². The van der Waals surface area contributed by atoms with Crippen molar-refractivity contribution >= 4 is 47.2 Å². The normalized spacial score (nSPS) is 12.2. The van der Waals surface area contributed by atoms with Crippen molar-refractivity contribution in [3.05, 3.63) is 58.0 Å². The zero-order valence-electron chi connectivity index (χ0n) is 16.2. The highest BCUT2D eigenvalue weighted by Crippen LogP contribution is 2.12. The number of carbonyl (C=O) groups is 1. The lowest BCUT2D eigenvalue weighted by atomic mass is 9.99. The quantitative estimate of drug-likeness (QED) is 0.304. The minimum absolute atomic E-state index is 0. The van der Waals surface area contributed by atoms with E-state index in [2.05, 4.69) is 26.7 Å². The van der Waals surface area contributed by atoms with E-state index in [0.717, 1.165) is 31.0 Å². The Balaban J connectivity index is 0.00000392. The van der Waals surface area contributed by atoms with Gasteiger partial charge in [0.15, 0.2) is 5.96 Å². The lowest BCUT2D eigenvalue weighted by Crippen LogP contribution is -2.40. The average Bonchev–Trinajstić information content (AvgIpc) is 3.17. The Morgan fingerprint density at radius 2 is 2.04 bits per heavy atom. The number of amides is 1. The van der Waals surface area contributed by atoms with Crippen LogP contribution in [0.1, 0.15) is 17.4 Å². The van der Waals surface area contributed by atoms with E-state index in [4.69, 9.17) is 5.73 Å². The van der Waals surface area contributed by atoms with Crippen LogP contribution < -0.4 is 11.1 Å². The molecule has 1 heterocycles. The number of halogens is 2. The molecule has 0 aliphatic rings. The zero-order chi connectivity index (χ0) is 19.6. The minimum atomic E-state index is -0.435. The number of likely N-dealkylation sites (N-methyl/N-ethyl adjacent to an activating group) is 1. The Bertz CT molecular complexity index is 737. The molecular formula is C20H28FIN4OS. The highest BCUT2D eigenvalue weighted by Gasteiger charge is 2.17. The topological polar surface area (TPSA) is 70.7 Å². The molecule has 1 atom stereocenters. The number of benzene rings is 1. The molecule has 0 radical (unpaired) electrons. The van der Waals surface area contributed by atoms with Gasteiger partial charge in [0.05, 0.1) is 12.5 Å². The largest absolute Gasteiger partial charge is 0.369 e. The Hall–Kier alpha value is -1.68. The number of nitrogens with two attached hydrogens (primary N) is 1. The van der Waals surface area contributed by atoms with Crippen LogP contribution in [0.3, 0.4) is 0 Å². The van der Waals surface area contributed by atoms with E-state index in [0.29, 0.717) is 13.0 Å². The molecule has 0 aliphatic carbocycles. The molecule has 0 saturated heterocycles. The summed E-state index contributed by atoms with van der Waals surface area (Å²) in [6, 6.07) is 10.3. The molecule has 1 amide bonds. The highest BCUT2D eigenvalue weighted by atomic mass is 127. The summed E-state index contributed by atoms with van der Waals surface area (Å²) in [7, 11) is 1.98. The SMILES string of the molecule is CCNC(=NCC(Cc1ccc(F)cc1)C(N)=O)N(C)CCc1cccs1.I. The smallest absolute Gasteiger partial charge is 0.222 e. The zero-order valence-corrected chi connectivity index (χ0v) is 19.4. The third kappa shape index (κ3) is 8.14. The van der Waals surface area contributed by atoms with Gasteiger partial charge in [0.25, 0.3) is 0 Å². The van der Waals surface area contributed by atoms with Crippen LogP contribution in [-0.2, 0) is 17.6 Å². The molecule has 0 fully saturated rings. The molecule has 3 N–H and O–H groups in total. The molecule has 1 unspecified atom stereocenters. The van der Waals surface area contributed by atoms with E-state index in [1.807, 2.05) is 20.0 Å². The number of nitrogens with zero attached hydrogens (tertiary/aromatic N) is 2. The van der Waals surface area contributed by atoms with Crippen molar-refractivity contribution in [2.45, 2.75) is 19.8 Å². The van der Waals surface area contributed by atoms with Crippen LogP contribution in [0, 0.1) is 11.7 Å². The lowest BCUT2D eigenvalue weighted by molar-refractivity contribution is -0.121. The Kier molecular flexibility index (Phi) is 11.1. The molecular weight excluding hydrogens is 490 g/mol. The summed E-state index contributed by atoms with van der Waals surface area (Å²) in [6.45, 7) is 3.86. The van der Waals surface area contributed by atoms with Crippen molar-refractivity contribution in [3.63, 3.8) is 0 Å². The molecule has 0 spiro atoms. The van der Waals surface area contributed by atoms with Gasteiger partial charge in [-0.2, -0.15) is 0 Å². The maximum Gasteiger partial charge on any atom is 0.222 e. The standard InChI is InChI=1S/C20H27FN4OS.HI/c1-3-23-20(25(2)11-10-18-5-4-12-27-18)24-14-16(19(22)26)13-15-6-8-17(21)9-7-15;/h4-9,12,16H,3,10-11,13-14H2,1-2H3,(H2,22,26)(H,23,24);1H. The molecule has 2 rings (SSSR count). The Morgan fingerprint density at radius 3 is 2.61 bits per heavy atom. The second-order valence-corrected chi connectivity index (χ2v) is 7.41. The molecule has 154 valence electrons. The summed E-state index contributed by atoms with van der Waals surface area (Å²) >= 11 is 1.74. The molecule has 28 heavy (non-hydrogen) atoms. The first-order chi connectivity index (χ1) is 13.0. The van der Waals surface area contributed by atoms with Crippen LogP contribution in [-0.4, -0.2) is 43.4 Å². The monoisotopic (exact) mass is 518 g/mol. The highest BCUT2D eigenvalue weighted by molar-refractivity contribution is 14.0. The number of rotatable bonds is 9. The lowest BCUT2D eigenvalue weighted by Gasteiger charge is -2.22. The van der Waals surface area contributed by atoms with Crippen molar-refractivity contribution in [3.8, 4) is 0 Å². The molecule has 8 heteroatoms. The molecule has 2 aromatic rings. The summed E-state index contributed by atoms with van der Waals surface area (Å²) in [4.78, 5) is 19.8. The van der Waals surface area contributed by atoms with Crippen LogP contribution in [0.4, 0.5) is 4.39 Å². The summed E-state index contributed by atoms with van der Waals surface area (Å²) < 4.78 is 13.1. The second-order valence-electron chi connectivity index (χ2n) is 6.38. The van der Waals surface area contributed by atoms with Gasteiger partial charge in [0.1, 0.15) is 5.82 Å². The van der Waals surface area contributed by atoms with Crippen LogP contribution in [0.25, 0.3) is 0 Å². The number of hydrogen-bond donors (Lipinski definition) is 2. The fraction of sp³-hybridized carbons (Fsp3) is 0.400. The number of hydrogen-bond acceptors (Lipinski definition) is 3. The van der Waals surface area contributed by atoms with E-state index >= 15 is 0 Å². The first-order valence-corrected chi connectivity index (χ1v) is 9.93. The van der Waals surface area contributed by atoms with Gasteiger partial charge in [0, 0.05) is 25.0 Å². The molecule has 5 nitrogen and oxygen atoms in total. The number of primary amides is 1. The van der Waals surface area contributed by atoms with Crippen molar-refractivity contribution < 1.29 is 9.18 Å². The number of guanidine groups is 1. The maximum absolute atomic E-state index is 13.1. The van der Waals surface area contributed by atoms with Gasteiger partial charge in [-0.1, -0.05) is 18.2 Å². The fourth-order valence-electron chi connectivity index (χ4n) is 2.67. The van der Waals surface area contributed by atoms with Gasteiger partial charge < -0.3 is 16.0 Å². The van der Waals surface area contributed by atoms with Gasteiger partial charge in [-0.05, 0) is 48.9 Å². The number of aliphatic imine (C=N–C) groups is 1. The number of nitrogens with one attached hydrogen (secondary N) is 1. The van der Waals surface area contributed by atoms with Crippen LogP contribution in [0.5, 0.6) is 0 Å². The maximum atomic E-state index is 13.1. The summed E-state index contributed by atoms with van der Waals surface area (Å²) in [5, 5.41) is 5.33. The predicted molar refractivity (Wildman–Crippen MR) is 125 cm³/mol. The summed E-state index contributed by atoms with van der Waals surface area (Å²) in [5.74, 6) is -0.386. The number of carbonyl (C=O) groups excluding carboxylic acids is 1. The van der Waals surface area contributed by atoms with Crippen molar-refractivity contribution in [1.29, 1.82) is 0 Å². The van der Waals surface area contributed by atoms with Gasteiger partial charge >= 0.3 is 0 Å². The summed E-state index contributed by atoms with van der Waals surface area (Å²) in [6.07, 6.45) is 1.38. The molecule has 0 bridgehead atoms. The van der Waals surface area contributed by atoms with Crippen LogP contribution >= 0.6 is 35.3 Å². The Labute approximate surface area is 187 Å². The second kappa shape index (κ2) is 12.7. The van der Waals surface area contributed by atoms with E-state index in [1.165, 1.54) is 17.0 Å². The molecule has 0 aliphatic heterocycles. The summed E-state index contributed by atoms with van der Waals surface area (Å²) in [5.41, 5.74) is 6.43. The number of thiophene rings is 1. The van der Waals surface area contributed by atoms with E-state index < -0.39 is 11.8 Å². The molecule has 0 saturated carbocycles. The average molecular weight is 518 g/mol. The van der Waals surface area contributed by atoms with E-state index in [-0.39, 0.29) is 29.8 Å².